The number of amides is 1. The Morgan fingerprint density at radius 1 is 1.38 bits per heavy atom. The zero-order chi connectivity index (χ0) is 16.7. The normalized spacial score (nSPS) is 21.3. The van der Waals surface area contributed by atoms with Crippen LogP contribution in [-0.4, -0.2) is 45.3 Å². The molecule has 1 amide bonds. The average Bonchev–Trinajstić information content (AvgIpc) is 3.22. The van der Waals surface area contributed by atoms with Crippen LogP contribution in [-0.2, 0) is 17.4 Å². The van der Waals surface area contributed by atoms with Crippen LogP contribution >= 0.6 is 0 Å². The lowest BCUT2D eigenvalue weighted by molar-refractivity contribution is -0.0930. The quantitative estimate of drug-likeness (QED) is 0.787. The number of benzene rings is 1. The standard InChI is InChI=1S/C18H20N4O2/c1-18(14-10-20-21(2)11-14)12-22(8-9-24-18)17(23)15-5-3-4-13-6-7-19-16(13)15/h3-7,10-11,19H,8-9,12H2,1-2H3/t18-/m0/s1. The number of hydrogen-bond donors (Lipinski definition) is 1. The van der Waals surface area contributed by atoms with Crippen LogP contribution in [0.3, 0.4) is 0 Å². The van der Waals surface area contributed by atoms with E-state index in [0.29, 0.717) is 25.3 Å². The second kappa shape index (κ2) is 5.49. The van der Waals surface area contributed by atoms with Gasteiger partial charge in [-0.3, -0.25) is 9.48 Å². The SMILES string of the molecule is Cn1cc([C@]2(C)CN(C(=O)c3cccc4cc[nH]c34)CCO2)cn1. The van der Waals surface area contributed by atoms with E-state index < -0.39 is 5.60 Å². The lowest BCUT2D eigenvalue weighted by atomic mass is 9.96. The minimum absolute atomic E-state index is 0.0291. The summed E-state index contributed by atoms with van der Waals surface area (Å²) >= 11 is 0. The first-order valence-electron chi connectivity index (χ1n) is 8.05. The third-order valence-electron chi connectivity index (χ3n) is 4.69. The molecular weight excluding hydrogens is 304 g/mol. The zero-order valence-electron chi connectivity index (χ0n) is 13.8. The number of fused-ring (bicyclic) bond motifs is 1. The third-order valence-corrected chi connectivity index (χ3v) is 4.69. The van der Waals surface area contributed by atoms with Gasteiger partial charge in [-0.05, 0) is 19.1 Å². The summed E-state index contributed by atoms with van der Waals surface area (Å²) in [5, 5.41) is 5.27. The fourth-order valence-electron chi connectivity index (χ4n) is 3.35. The van der Waals surface area contributed by atoms with Crippen LogP contribution < -0.4 is 0 Å². The van der Waals surface area contributed by atoms with Gasteiger partial charge in [0, 0.05) is 36.9 Å². The van der Waals surface area contributed by atoms with Gasteiger partial charge in [0.2, 0.25) is 0 Å². The molecule has 1 fully saturated rings. The van der Waals surface area contributed by atoms with Crippen molar-refractivity contribution in [1.29, 1.82) is 0 Å². The Morgan fingerprint density at radius 2 is 2.25 bits per heavy atom. The van der Waals surface area contributed by atoms with Gasteiger partial charge in [-0.2, -0.15) is 5.10 Å². The number of carbonyl (C=O) groups is 1. The van der Waals surface area contributed by atoms with Crippen molar-refractivity contribution in [2.24, 2.45) is 7.05 Å². The van der Waals surface area contributed by atoms with Crippen molar-refractivity contribution in [2.45, 2.75) is 12.5 Å². The van der Waals surface area contributed by atoms with Crippen molar-refractivity contribution in [3.05, 3.63) is 54.0 Å². The van der Waals surface area contributed by atoms with Crippen LogP contribution in [0.15, 0.2) is 42.9 Å². The summed E-state index contributed by atoms with van der Waals surface area (Å²) in [7, 11) is 1.88. The zero-order valence-corrected chi connectivity index (χ0v) is 13.8. The van der Waals surface area contributed by atoms with Gasteiger partial charge in [0.1, 0.15) is 5.60 Å². The number of morpholine rings is 1. The molecule has 1 aromatic carbocycles. The fraction of sp³-hybridized carbons (Fsp3) is 0.333. The predicted octanol–water partition coefficient (Wildman–Crippen LogP) is 2.29. The van der Waals surface area contributed by atoms with Gasteiger partial charge >= 0.3 is 0 Å². The Bertz CT molecular complexity index is 897. The molecule has 0 radical (unpaired) electrons. The van der Waals surface area contributed by atoms with Crippen molar-refractivity contribution in [3.8, 4) is 0 Å². The molecule has 3 aromatic rings. The number of carbonyl (C=O) groups excluding carboxylic acids is 1. The summed E-state index contributed by atoms with van der Waals surface area (Å²) in [6.07, 6.45) is 5.61. The Hall–Kier alpha value is -2.60. The van der Waals surface area contributed by atoms with Crippen molar-refractivity contribution < 1.29 is 9.53 Å². The minimum atomic E-state index is -0.536. The summed E-state index contributed by atoms with van der Waals surface area (Å²) in [5.41, 5.74) is 2.04. The number of nitrogens with one attached hydrogen (secondary N) is 1. The van der Waals surface area contributed by atoms with E-state index in [1.165, 1.54) is 0 Å². The van der Waals surface area contributed by atoms with Gasteiger partial charge < -0.3 is 14.6 Å². The molecule has 2 aromatic heterocycles. The molecule has 6 nitrogen and oxygen atoms in total. The van der Waals surface area contributed by atoms with E-state index in [-0.39, 0.29) is 5.91 Å². The lowest BCUT2D eigenvalue weighted by Gasteiger charge is -2.40. The van der Waals surface area contributed by atoms with Crippen LogP contribution in [0.5, 0.6) is 0 Å². The van der Waals surface area contributed by atoms with Gasteiger partial charge in [-0.15, -0.1) is 0 Å². The summed E-state index contributed by atoms with van der Waals surface area (Å²) < 4.78 is 7.75. The molecule has 3 heterocycles. The largest absolute Gasteiger partial charge is 0.367 e. The van der Waals surface area contributed by atoms with Gasteiger partial charge in [0.25, 0.3) is 5.91 Å². The van der Waals surface area contributed by atoms with E-state index in [1.54, 1.807) is 10.9 Å². The maximum atomic E-state index is 13.1. The molecule has 6 heteroatoms. The van der Waals surface area contributed by atoms with Crippen LogP contribution in [0.2, 0.25) is 0 Å². The smallest absolute Gasteiger partial charge is 0.256 e. The molecule has 1 saturated heterocycles. The van der Waals surface area contributed by atoms with Gasteiger partial charge in [-0.25, -0.2) is 0 Å². The van der Waals surface area contributed by atoms with Gasteiger partial charge in [0.05, 0.1) is 30.4 Å². The van der Waals surface area contributed by atoms with Crippen LogP contribution in [0.1, 0.15) is 22.8 Å². The first-order valence-corrected chi connectivity index (χ1v) is 8.05. The van der Waals surface area contributed by atoms with E-state index in [1.807, 2.05) is 55.5 Å². The number of aryl methyl sites for hydroxylation is 1. The molecule has 0 aliphatic carbocycles. The second-order valence-corrected chi connectivity index (χ2v) is 6.46. The van der Waals surface area contributed by atoms with Crippen LogP contribution in [0, 0.1) is 0 Å². The number of aromatic amines is 1. The molecule has 1 N–H and O–H groups in total. The van der Waals surface area contributed by atoms with E-state index in [4.69, 9.17) is 4.74 Å². The molecular formula is C18H20N4O2. The molecule has 124 valence electrons. The Balaban J connectivity index is 1.64. The van der Waals surface area contributed by atoms with E-state index in [9.17, 15) is 4.79 Å². The van der Waals surface area contributed by atoms with Crippen LogP contribution in [0.4, 0.5) is 0 Å². The Labute approximate surface area is 140 Å². The van der Waals surface area contributed by atoms with E-state index >= 15 is 0 Å². The summed E-state index contributed by atoms with van der Waals surface area (Å²) in [4.78, 5) is 18.1. The van der Waals surface area contributed by atoms with Crippen molar-refractivity contribution in [2.75, 3.05) is 19.7 Å². The number of H-pyrrole nitrogens is 1. The molecule has 0 saturated carbocycles. The molecule has 1 aliphatic rings. The van der Waals surface area contributed by atoms with Crippen LogP contribution in [0.25, 0.3) is 10.9 Å². The second-order valence-electron chi connectivity index (χ2n) is 6.46. The van der Waals surface area contributed by atoms with Crippen molar-refractivity contribution >= 4 is 16.8 Å². The molecule has 24 heavy (non-hydrogen) atoms. The molecule has 0 spiro atoms. The van der Waals surface area contributed by atoms with Gasteiger partial charge in [0.15, 0.2) is 0 Å². The highest BCUT2D eigenvalue weighted by Crippen LogP contribution is 2.30. The third kappa shape index (κ3) is 2.39. The highest BCUT2D eigenvalue weighted by atomic mass is 16.5. The Kier molecular flexibility index (Phi) is 3.42. The summed E-state index contributed by atoms with van der Waals surface area (Å²) in [6, 6.07) is 7.77. The van der Waals surface area contributed by atoms with Gasteiger partial charge in [-0.1, -0.05) is 12.1 Å². The number of ether oxygens (including phenoxy) is 1. The lowest BCUT2D eigenvalue weighted by Crippen LogP contribution is -2.50. The maximum Gasteiger partial charge on any atom is 0.256 e. The number of nitrogens with zero attached hydrogens (tertiary/aromatic N) is 3. The first-order chi connectivity index (χ1) is 11.6. The first kappa shape index (κ1) is 15.0. The predicted molar refractivity (Wildman–Crippen MR) is 90.7 cm³/mol. The van der Waals surface area contributed by atoms with Crippen molar-refractivity contribution in [1.82, 2.24) is 19.7 Å². The number of hydrogen-bond acceptors (Lipinski definition) is 3. The number of aromatic nitrogens is 3. The number of para-hydroxylation sites is 1. The number of rotatable bonds is 2. The average molecular weight is 324 g/mol. The fourth-order valence-corrected chi connectivity index (χ4v) is 3.35. The molecule has 0 unspecified atom stereocenters. The Morgan fingerprint density at radius 3 is 3.04 bits per heavy atom. The molecule has 1 atom stereocenters. The summed E-state index contributed by atoms with van der Waals surface area (Å²) in [6.45, 7) is 3.62. The topological polar surface area (TPSA) is 63.2 Å². The molecule has 1 aliphatic heterocycles. The maximum absolute atomic E-state index is 13.1. The highest BCUT2D eigenvalue weighted by molar-refractivity contribution is 6.05. The highest BCUT2D eigenvalue weighted by Gasteiger charge is 2.37. The van der Waals surface area contributed by atoms with Crippen molar-refractivity contribution in [3.63, 3.8) is 0 Å². The van der Waals surface area contributed by atoms with E-state index in [0.717, 1.165) is 16.5 Å². The minimum Gasteiger partial charge on any atom is -0.367 e. The van der Waals surface area contributed by atoms with E-state index in [2.05, 4.69) is 10.1 Å². The molecule has 4 rings (SSSR count). The molecule has 0 bridgehead atoms. The monoisotopic (exact) mass is 324 g/mol. The summed E-state index contributed by atoms with van der Waals surface area (Å²) in [5.74, 6) is 0.0291.